The van der Waals surface area contributed by atoms with E-state index in [0.717, 1.165) is 0 Å². The summed E-state index contributed by atoms with van der Waals surface area (Å²) in [6.45, 7) is 1.80. The summed E-state index contributed by atoms with van der Waals surface area (Å²) < 4.78 is 16.1. The van der Waals surface area contributed by atoms with E-state index in [0.29, 0.717) is 41.9 Å². The Morgan fingerprint density at radius 1 is 1.36 bits per heavy atom. The van der Waals surface area contributed by atoms with Gasteiger partial charge in [-0.15, -0.1) is 0 Å². The number of anilines is 1. The molecule has 9 heteroatoms. The lowest BCUT2D eigenvalue weighted by Crippen LogP contribution is -2.58. The van der Waals surface area contributed by atoms with Crippen molar-refractivity contribution in [3.8, 4) is 0 Å². The summed E-state index contributed by atoms with van der Waals surface area (Å²) in [7, 11) is 1.62. The monoisotopic (exact) mass is 386 g/mol. The van der Waals surface area contributed by atoms with Gasteiger partial charge in [-0.05, 0) is 18.2 Å². The number of benzene rings is 1. The number of carboxylic acid groups (broad SMARTS) is 1. The third-order valence-corrected chi connectivity index (χ3v) is 5.01. The zero-order valence-corrected chi connectivity index (χ0v) is 15.1. The number of nitrogens with one attached hydrogen (secondary N) is 1. The SMILES string of the molecule is Cn1cc(C(=O)O)c(=O)c2cc3cc(F)c(N4CC(NCCO)C4)cc3nc21. The van der Waals surface area contributed by atoms with Gasteiger partial charge in [-0.3, -0.25) is 4.79 Å². The van der Waals surface area contributed by atoms with Crippen molar-refractivity contribution in [2.75, 3.05) is 31.1 Å². The van der Waals surface area contributed by atoms with Gasteiger partial charge in [0.15, 0.2) is 0 Å². The Hall–Kier alpha value is -3.04. The first-order valence-electron chi connectivity index (χ1n) is 8.85. The molecular weight excluding hydrogens is 367 g/mol. The predicted octanol–water partition coefficient (Wildman–Crippen LogP) is 0.694. The average molecular weight is 386 g/mol. The van der Waals surface area contributed by atoms with Gasteiger partial charge in [-0.2, -0.15) is 0 Å². The third kappa shape index (κ3) is 2.98. The number of aliphatic hydroxyl groups excluding tert-OH is 1. The number of hydrogen-bond donors (Lipinski definition) is 3. The molecule has 2 aromatic heterocycles. The Labute approximate surface area is 158 Å². The number of carboxylic acids is 1. The Morgan fingerprint density at radius 3 is 2.79 bits per heavy atom. The largest absolute Gasteiger partial charge is 0.477 e. The molecule has 1 saturated heterocycles. The lowest BCUT2D eigenvalue weighted by atomic mass is 10.1. The number of hydrogen-bond acceptors (Lipinski definition) is 6. The van der Waals surface area contributed by atoms with Crippen molar-refractivity contribution in [3.05, 3.63) is 46.0 Å². The first-order valence-corrected chi connectivity index (χ1v) is 8.85. The Balaban J connectivity index is 1.77. The molecule has 28 heavy (non-hydrogen) atoms. The van der Waals surface area contributed by atoms with Crippen LogP contribution in [0.2, 0.25) is 0 Å². The molecule has 0 saturated carbocycles. The Kier molecular flexibility index (Phi) is 4.48. The van der Waals surface area contributed by atoms with Crippen molar-refractivity contribution in [2.45, 2.75) is 6.04 Å². The smallest absolute Gasteiger partial charge is 0.341 e. The number of pyridine rings is 2. The van der Waals surface area contributed by atoms with Crippen LogP contribution in [-0.4, -0.2) is 58.0 Å². The van der Waals surface area contributed by atoms with Crippen LogP contribution in [0.5, 0.6) is 0 Å². The molecule has 0 radical (unpaired) electrons. The normalized spacial score (nSPS) is 14.6. The highest BCUT2D eigenvalue weighted by molar-refractivity contribution is 5.96. The molecular formula is C19H19FN4O4. The van der Waals surface area contributed by atoms with E-state index in [2.05, 4.69) is 10.3 Å². The van der Waals surface area contributed by atoms with E-state index in [-0.39, 0.29) is 23.6 Å². The topological polar surface area (TPSA) is 108 Å². The van der Waals surface area contributed by atoms with E-state index in [1.165, 1.54) is 22.9 Å². The quantitative estimate of drug-likeness (QED) is 0.554. The van der Waals surface area contributed by atoms with E-state index in [9.17, 15) is 19.1 Å². The van der Waals surface area contributed by atoms with Crippen LogP contribution in [-0.2, 0) is 7.05 Å². The standard InChI is InChI=1S/C19H19FN4O4/c1-23-9-13(19(27)28)17(26)12-4-10-5-14(20)16(6-15(10)22-18(12)23)24-7-11(8-24)21-2-3-25/h4-6,9,11,21,25H,2-3,7-8H2,1H3,(H,27,28). The fraction of sp³-hybridized carbons (Fsp3) is 0.316. The van der Waals surface area contributed by atoms with Crippen molar-refractivity contribution < 1.29 is 19.4 Å². The predicted molar refractivity (Wildman–Crippen MR) is 102 cm³/mol. The van der Waals surface area contributed by atoms with E-state index < -0.39 is 17.2 Å². The van der Waals surface area contributed by atoms with Crippen LogP contribution in [0.1, 0.15) is 10.4 Å². The summed E-state index contributed by atoms with van der Waals surface area (Å²) in [5.41, 5.74) is 0.295. The molecule has 8 nitrogen and oxygen atoms in total. The highest BCUT2D eigenvalue weighted by Gasteiger charge is 2.28. The molecule has 0 amide bonds. The van der Waals surface area contributed by atoms with Crippen molar-refractivity contribution in [3.63, 3.8) is 0 Å². The number of fused-ring (bicyclic) bond motifs is 2. The van der Waals surface area contributed by atoms with Crippen molar-refractivity contribution >= 4 is 33.6 Å². The fourth-order valence-corrected chi connectivity index (χ4v) is 3.54. The number of rotatable bonds is 5. The molecule has 0 atom stereocenters. The summed E-state index contributed by atoms with van der Waals surface area (Å²) in [6.07, 6.45) is 1.24. The van der Waals surface area contributed by atoms with Crippen LogP contribution in [0, 0.1) is 5.82 Å². The van der Waals surface area contributed by atoms with Gasteiger partial charge in [0.2, 0.25) is 5.43 Å². The van der Waals surface area contributed by atoms with Crippen molar-refractivity contribution in [1.29, 1.82) is 0 Å². The van der Waals surface area contributed by atoms with Gasteiger partial charge in [-0.25, -0.2) is 14.2 Å². The Morgan fingerprint density at radius 2 is 2.11 bits per heavy atom. The van der Waals surface area contributed by atoms with Gasteiger partial charge >= 0.3 is 5.97 Å². The maximum atomic E-state index is 14.7. The van der Waals surface area contributed by atoms with Gasteiger partial charge in [-0.1, -0.05) is 0 Å². The molecule has 4 rings (SSSR count). The number of aryl methyl sites for hydroxylation is 1. The highest BCUT2D eigenvalue weighted by atomic mass is 19.1. The molecule has 3 aromatic rings. The van der Waals surface area contributed by atoms with Crippen LogP contribution in [0.15, 0.2) is 29.2 Å². The second kappa shape index (κ2) is 6.84. The lowest BCUT2D eigenvalue weighted by molar-refractivity contribution is 0.0695. The van der Waals surface area contributed by atoms with E-state index in [1.54, 1.807) is 13.1 Å². The second-order valence-corrected chi connectivity index (χ2v) is 6.92. The molecule has 0 aliphatic carbocycles. The highest BCUT2D eigenvalue weighted by Crippen LogP contribution is 2.29. The van der Waals surface area contributed by atoms with Crippen LogP contribution < -0.4 is 15.6 Å². The van der Waals surface area contributed by atoms with Crippen LogP contribution in [0.4, 0.5) is 10.1 Å². The molecule has 1 aliphatic heterocycles. The van der Waals surface area contributed by atoms with E-state index in [4.69, 9.17) is 5.11 Å². The molecule has 0 spiro atoms. The maximum Gasteiger partial charge on any atom is 0.341 e. The van der Waals surface area contributed by atoms with Crippen LogP contribution >= 0.6 is 0 Å². The summed E-state index contributed by atoms with van der Waals surface area (Å²) in [6, 6.07) is 4.64. The van der Waals surface area contributed by atoms with Gasteiger partial charge in [0.25, 0.3) is 0 Å². The molecule has 0 bridgehead atoms. The van der Waals surface area contributed by atoms with Gasteiger partial charge < -0.3 is 25.0 Å². The van der Waals surface area contributed by atoms with Crippen LogP contribution in [0.3, 0.4) is 0 Å². The summed E-state index contributed by atoms with van der Waals surface area (Å²) in [5, 5.41) is 21.8. The number of nitrogens with zero attached hydrogens (tertiary/aromatic N) is 3. The van der Waals surface area contributed by atoms with E-state index >= 15 is 0 Å². The molecule has 1 aliphatic rings. The molecule has 3 N–H and O–H groups in total. The summed E-state index contributed by atoms with van der Waals surface area (Å²) in [5.74, 6) is -1.74. The minimum atomic E-state index is -1.31. The van der Waals surface area contributed by atoms with E-state index in [1.807, 2.05) is 4.90 Å². The van der Waals surface area contributed by atoms with Crippen LogP contribution in [0.25, 0.3) is 21.9 Å². The fourth-order valence-electron chi connectivity index (χ4n) is 3.54. The first kappa shape index (κ1) is 18.3. The number of carbonyl (C=O) groups is 1. The second-order valence-electron chi connectivity index (χ2n) is 6.92. The zero-order chi connectivity index (χ0) is 20.0. The average Bonchev–Trinajstić information content (AvgIpc) is 2.62. The first-order chi connectivity index (χ1) is 13.4. The molecule has 146 valence electrons. The minimum absolute atomic E-state index is 0.0557. The third-order valence-electron chi connectivity index (χ3n) is 5.01. The van der Waals surface area contributed by atoms with Crippen molar-refractivity contribution in [1.82, 2.24) is 14.9 Å². The van der Waals surface area contributed by atoms with Gasteiger partial charge in [0.05, 0.1) is 23.2 Å². The van der Waals surface area contributed by atoms with Crippen molar-refractivity contribution in [2.24, 2.45) is 7.05 Å². The minimum Gasteiger partial charge on any atom is -0.477 e. The maximum absolute atomic E-state index is 14.7. The number of halogens is 1. The number of aromatic carboxylic acids is 1. The van der Waals surface area contributed by atoms with Gasteiger partial charge in [0.1, 0.15) is 17.0 Å². The van der Waals surface area contributed by atoms with Gasteiger partial charge in [0, 0.05) is 44.3 Å². The molecule has 1 fully saturated rings. The zero-order valence-electron chi connectivity index (χ0n) is 15.1. The molecule has 1 aromatic carbocycles. The number of aliphatic hydroxyl groups is 1. The Bertz CT molecular complexity index is 1150. The lowest BCUT2D eigenvalue weighted by Gasteiger charge is -2.41. The summed E-state index contributed by atoms with van der Waals surface area (Å²) >= 11 is 0. The number of aromatic nitrogens is 2. The molecule has 3 heterocycles. The molecule has 0 unspecified atom stereocenters. The summed E-state index contributed by atoms with van der Waals surface area (Å²) in [4.78, 5) is 30.1.